The van der Waals surface area contributed by atoms with Crippen LogP contribution >= 0.6 is 11.3 Å². The van der Waals surface area contributed by atoms with E-state index in [9.17, 15) is 9.59 Å². The highest BCUT2D eigenvalue weighted by molar-refractivity contribution is 7.13. The van der Waals surface area contributed by atoms with Gasteiger partial charge < -0.3 is 15.2 Å². The molecule has 1 fully saturated rings. The zero-order valence-electron chi connectivity index (χ0n) is 14.8. The minimum atomic E-state index is -0.243. The van der Waals surface area contributed by atoms with E-state index in [1.54, 1.807) is 19.2 Å². The van der Waals surface area contributed by atoms with Crippen LogP contribution in [0.4, 0.5) is 10.9 Å². The van der Waals surface area contributed by atoms with Crippen LogP contribution in [0.5, 0.6) is 0 Å². The quantitative estimate of drug-likeness (QED) is 0.773. The highest BCUT2D eigenvalue weighted by atomic mass is 32.1. The normalized spacial score (nSPS) is 17.0. The van der Waals surface area contributed by atoms with Gasteiger partial charge in [0.1, 0.15) is 5.76 Å². The largest absolute Gasteiger partial charge is 0.360 e. The van der Waals surface area contributed by atoms with Gasteiger partial charge >= 0.3 is 0 Å². The number of hydrogen-bond acceptors (Lipinski definition) is 8. The fourth-order valence-corrected chi connectivity index (χ4v) is 3.31. The topological polar surface area (TPSA) is 104 Å². The van der Waals surface area contributed by atoms with Crippen molar-refractivity contribution in [2.24, 2.45) is 0 Å². The molecule has 0 aromatic carbocycles. The van der Waals surface area contributed by atoms with Crippen molar-refractivity contribution < 1.29 is 14.1 Å². The second-order valence-corrected chi connectivity index (χ2v) is 7.08. The van der Waals surface area contributed by atoms with Crippen LogP contribution in [-0.2, 0) is 9.59 Å². The Morgan fingerprint density at radius 1 is 1.31 bits per heavy atom. The first-order valence-corrected chi connectivity index (χ1v) is 9.29. The van der Waals surface area contributed by atoms with Gasteiger partial charge in [-0.2, -0.15) is 0 Å². The Labute approximate surface area is 155 Å². The van der Waals surface area contributed by atoms with Crippen molar-refractivity contribution >= 4 is 34.1 Å². The molecule has 0 aliphatic carbocycles. The first kappa shape index (κ1) is 18.5. The number of anilines is 2. The molecule has 0 radical (unpaired) electrons. The van der Waals surface area contributed by atoms with Crippen molar-refractivity contribution in [2.75, 3.05) is 43.4 Å². The minimum Gasteiger partial charge on any atom is -0.360 e. The first-order valence-electron chi connectivity index (χ1n) is 8.41. The summed E-state index contributed by atoms with van der Waals surface area (Å²) < 4.78 is 4.93. The Bertz CT molecular complexity index is 739. The minimum absolute atomic E-state index is 0.0625. The third-order valence-electron chi connectivity index (χ3n) is 4.26. The Hall–Kier alpha value is -2.30. The Balaban J connectivity index is 1.41. The molecule has 1 aliphatic rings. The van der Waals surface area contributed by atoms with Gasteiger partial charge in [-0.1, -0.05) is 5.16 Å². The van der Waals surface area contributed by atoms with Gasteiger partial charge in [-0.25, -0.2) is 4.98 Å². The molecule has 1 aliphatic heterocycles. The number of nitrogens with zero attached hydrogens (tertiary/aromatic N) is 4. The molecule has 2 aromatic rings. The van der Waals surface area contributed by atoms with E-state index in [4.69, 9.17) is 4.52 Å². The van der Waals surface area contributed by atoms with Crippen LogP contribution in [0.1, 0.15) is 12.7 Å². The highest BCUT2D eigenvalue weighted by Crippen LogP contribution is 2.13. The third kappa shape index (κ3) is 4.87. The molecule has 0 saturated carbocycles. The van der Waals surface area contributed by atoms with Gasteiger partial charge in [-0.3, -0.25) is 19.4 Å². The van der Waals surface area contributed by atoms with Crippen LogP contribution in [0.3, 0.4) is 0 Å². The number of amides is 2. The van der Waals surface area contributed by atoms with Crippen molar-refractivity contribution in [2.45, 2.75) is 19.9 Å². The summed E-state index contributed by atoms with van der Waals surface area (Å²) in [7, 11) is 0. The van der Waals surface area contributed by atoms with Crippen molar-refractivity contribution in [3.8, 4) is 0 Å². The molecule has 2 aromatic heterocycles. The number of aromatic nitrogens is 2. The predicted molar refractivity (Wildman–Crippen MR) is 98.1 cm³/mol. The van der Waals surface area contributed by atoms with Crippen LogP contribution in [-0.4, -0.2) is 70.5 Å². The molecule has 1 saturated heterocycles. The first-order chi connectivity index (χ1) is 12.5. The molecule has 3 rings (SSSR count). The van der Waals surface area contributed by atoms with E-state index in [-0.39, 0.29) is 17.9 Å². The Kier molecular flexibility index (Phi) is 5.96. The zero-order valence-corrected chi connectivity index (χ0v) is 15.6. The molecule has 2 amide bonds. The lowest BCUT2D eigenvalue weighted by Crippen LogP contribution is -2.53. The van der Waals surface area contributed by atoms with Gasteiger partial charge in [0.05, 0.1) is 12.6 Å². The molecule has 26 heavy (non-hydrogen) atoms. The Morgan fingerprint density at radius 2 is 2.08 bits per heavy atom. The van der Waals surface area contributed by atoms with Crippen LogP contribution in [0, 0.1) is 6.92 Å². The number of hydrogen-bond donors (Lipinski definition) is 2. The SMILES string of the molecule is Cc1cc(NC(=O)CN2CCN(C(C)C(=O)Nc3nccs3)CC2)no1. The Morgan fingerprint density at radius 3 is 2.69 bits per heavy atom. The van der Waals surface area contributed by atoms with Gasteiger partial charge in [0.2, 0.25) is 11.8 Å². The number of piperazine rings is 1. The highest BCUT2D eigenvalue weighted by Gasteiger charge is 2.26. The maximum absolute atomic E-state index is 12.3. The lowest BCUT2D eigenvalue weighted by atomic mass is 10.2. The van der Waals surface area contributed by atoms with Crippen molar-refractivity contribution in [1.82, 2.24) is 19.9 Å². The predicted octanol–water partition coefficient (Wildman–Crippen LogP) is 1.02. The molecule has 10 heteroatoms. The van der Waals surface area contributed by atoms with Crippen molar-refractivity contribution in [3.63, 3.8) is 0 Å². The summed E-state index contributed by atoms with van der Waals surface area (Å²) in [6.45, 7) is 6.84. The van der Waals surface area contributed by atoms with Gasteiger partial charge in [0.15, 0.2) is 10.9 Å². The van der Waals surface area contributed by atoms with Crippen molar-refractivity contribution in [3.05, 3.63) is 23.4 Å². The fraction of sp³-hybridized carbons (Fsp3) is 0.500. The molecule has 1 unspecified atom stereocenters. The summed E-state index contributed by atoms with van der Waals surface area (Å²) in [4.78, 5) is 32.6. The molecule has 0 bridgehead atoms. The lowest BCUT2D eigenvalue weighted by molar-refractivity contribution is -0.122. The van der Waals surface area contributed by atoms with E-state index in [1.807, 2.05) is 12.3 Å². The van der Waals surface area contributed by atoms with Gasteiger partial charge in [0.25, 0.3) is 0 Å². The molecular weight excluding hydrogens is 356 g/mol. The van der Waals surface area contributed by atoms with E-state index in [1.165, 1.54) is 11.3 Å². The molecule has 1 atom stereocenters. The zero-order chi connectivity index (χ0) is 18.5. The molecule has 9 nitrogen and oxygen atoms in total. The summed E-state index contributed by atoms with van der Waals surface area (Å²) in [5, 5.41) is 11.7. The summed E-state index contributed by atoms with van der Waals surface area (Å²) in [5.74, 6) is 0.895. The van der Waals surface area contributed by atoms with Gasteiger partial charge in [-0.15, -0.1) is 11.3 Å². The smallest absolute Gasteiger partial charge is 0.243 e. The van der Waals surface area contributed by atoms with E-state index in [0.717, 1.165) is 26.2 Å². The number of carbonyl (C=O) groups is 2. The summed E-state index contributed by atoms with van der Waals surface area (Å²) >= 11 is 1.40. The van der Waals surface area contributed by atoms with Crippen molar-refractivity contribution in [1.29, 1.82) is 0 Å². The summed E-state index contributed by atoms with van der Waals surface area (Å²) in [5.41, 5.74) is 0. The van der Waals surface area contributed by atoms with E-state index in [0.29, 0.717) is 23.3 Å². The molecule has 3 heterocycles. The monoisotopic (exact) mass is 378 g/mol. The van der Waals surface area contributed by atoms with Crippen LogP contribution in [0.2, 0.25) is 0 Å². The second kappa shape index (κ2) is 8.39. The van der Waals surface area contributed by atoms with Crippen LogP contribution in [0.25, 0.3) is 0 Å². The van der Waals surface area contributed by atoms with Crippen LogP contribution < -0.4 is 10.6 Å². The number of rotatable bonds is 6. The number of aryl methyl sites for hydroxylation is 1. The third-order valence-corrected chi connectivity index (χ3v) is 4.95. The number of nitrogens with one attached hydrogen (secondary N) is 2. The number of thiazole rings is 1. The second-order valence-electron chi connectivity index (χ2n) is 6.19. The molecule has 140 valence electrons. The standard InChI is InChI=1S/C16H22N6O3S/c1-11-9-13(20-25-11)18-14(23)10-21-4-6-22(7-5-21)12(2)15(24)19-16-17-3-8-26-16/h3,8-9,12H,4-7,10H2,1-2H3,(H,17,19,24)(H,18,20,23). The van der Waals surface area contributed by atoms with E-state index in [2.05, 4.69) is 30.6 Å². The maximum atomic E-state index is 12.3. The summed E-state index contributed by atoms with van der Waals surface area (Å²) in [6, 6.07) is 1.44. The summed E-state index contributed by atoms with van der Waals surface area (Å²) in [6.07, 6.45) is 1.66. The lowest BCUT2D eigenvalue weighted by Gasteiger charge is -2.36. The molecule has 0 spiro atoms. The van der Waals surface area contributed by atoms with Gasteiger partial charge in [0, 0.05) is 43.8 Å². The number of carbonyl (C=O) groups excluding carboxylic acids is 2. The van der Waals surface area contributed by atoms with E-state index >= 15 is 0 Å². The fourth-order valence-electron chi connectivity index (χ4n) is 2.78. The average Bonchev–Trinajstić information content (AvgIpc) is 3.26. The molecule has 2 N–H and O–H groups in total. The maximum Gasteiger partial charge on any atom is 0.243 e. The van der Waals surface area contributed by atoms with Gasteiger partial charge in [-0.05, 0) is 13.8 Å². The average molecular weight is 378 g/mol. The molecular formula is C16H22N6O3S. The van der Waals surface area contributed by atoms with Crippen LogP contribution in [0.15, 0.2) is 22.2 Å². The van der Waals surface area contributed by atoms with E-state index < -0.39 is 0 Å².